The van der Waals surface area contributed by atoms with Gasteiger partial charge in [0.2, 0.25) is 0 Å². The van der Waals surface area contributed by atoms with Crippen molar-refractivity contribution in [3.8, 4) is 17.6 Å². The van der Waals surface area contributed by atoms with Crippen LogP contribution in [0.4, 0.5) is 0 Å². The normalized spacial score (nSPS) is 10.5. The van der Waals surface area contributed by atoms with E-state index in [-0.39, 0.29) is 11.4 Å². The Bertz CT molecular complexity index is 504. The van der Waals surface area contributed by atoms with Crippen molar-refractivity contribution < 1.29 is 17.3 Å². The Hall–Kier alpha value is -1.81. The fourth-order valence-electron chi connectivity index (χ4n) is 0.849. The van der Waals surface area contributed by atoms with Crippen LogP contribution in [0.5, 0.6) is 11.5 Å². The summed E-state index contributed by atoms with van der Waals surface area (Å²) in [6.45, 7) is 0. The number of nitrogens with zero attached hydrogens (tertiary/aromatic N) is 2. The smallest absolute Gasteiger partial charge is 0.306 e. The van der Waals surface area contributed by atoms with E-state index >= 15 is 0 Å². The Labute approximate surface area is 87.2 Å². The molecule has 7 heteroatoms. The van der Waals surface area contributed by atoms with Gasteiger partial charge in [-0.1, -0.05) is 0 Å². The van der Waals surface area contributed by atoms with Gasteiger partial charge in [0.25, 0.3) is 0 Å². The molecule has 1 aromatic heterocycles. The Balaban J connectivity index is 3.20. The molecule has 0 radical (unpaired) electrons. The van der Waals surface area contributed by atoms with Crippen molar-refractivity contribution >= 4 is 10.1 Å². The summed E-state index contributed by atoms with van der Waals surface area (Å²) in [6.07, 6.45) is 2.18. The van der Waals surface area contributed by atoms with Crippen molar-refractivity contribution in [2.24, 2.45) is 0 Å². The van der Waals surface area contributed by atoms with E-state index in [0.29, 0.717) is 5.75 Å². The molecule has 0 aromatic carbocycles. The molecule has 6 nitrogen and oxygen atoms in total. The van der Waals surface area contributed by atoms with Crippen LogP contribution in [0.3, 0.4) is 0 Å². The lowest BCUT2D eigenvalue weighted by molar-refractivity contribution is 0.409. The Kier molecular flexibility index (Phi) is 3.11. The Morgan fingerprint density at radius 3 is 2.67 bits per heavy atom. The van der Waals surface area contributed by atoms with Crippen LogP contribution in [0.2, 0.25) is 0 Å². The van der Waals surface area contributed by atoms with Gasteiger partial charge in [0.05, 0.1) is 19.6 Å². The summed E-state index contributed by atoms with van der Waals surface area (Å²) in [7, 11) is -2.29. The van der Waals surface area contributed by atoms with E-state index in [1.165, 1.54) is 19.4 Å². The minimum Gasteiger partial charge on any atom is -0.495 e. The first-order valence-electron chi connectivity index (χ1n) is 3.80. The van der Waals surface area contributed by atoms with Crippen molar-refractivity contribution in [1.29, 1.82) is 5.26 Å². The molecule has 15 heavy (non-hydrogen) atoms. The van der Waals surface area contributed by atoms with E-state index in [0.717, 1.165) is 6.26 Å². The van der Waals surface area contributed by atoms with Crippen LogP contribution in [-0.2, 0) is 10.1 Å². The van der Waals surface area contributed by atoms with Crippen LogP contribution in [0.25, 0.3) is 0 Å². The molecule has 1 heterocycles. The van der Waals surface area contributed by atoms with Crippen molar-refractivity contribution in [1.82, 2.24) is 4.98 Å². The monoisotopic (exact) mass is 228 g/mol. The molecule has 0 aliphatic rings. The number of nitriles is 1. The molecule has 0 amide bonds. The van der Waals surface area contributed by atoms with Gasteiger partial charge in [-0.05, 0) is 0 Å². The minimum atomic E-state index is -3.68. The topological polar surface area (TPSA) is 89.3 Å². The SMILES string of the molecule is COc1cnc(C#N)c(OS(C)(=O)=O)c1. The van der Waals surface area contributed by atoms with Gasteiger partial charge in [0, 0.05) is 6.07 Å². The first-order valence-corrected chi connectivity index (χ1v) is 5.61. The number of hydrogen-bond acceptors (Lipinski definition) is 6. The lowest BCUT2D eigenvalue weighted by Crippen LogP contribution is -2.07. The lowest BCUT2D eigenvalue weighted by Gasteiger charge is -2.05. The third-order valence-corrected chi connectivity index (χ3v) is 1.89. The van der Waals surface area contributed by atoms with Crippen LogP contribution in [0.15, 0.2) is 12.3 Å². The molecule has 0 N–H and O–H groups in total. The maximum Gasteiger partial charge on any atom is 0.306 e. The highest BCUT2D eigenvalue weighted by Gasteiger charge is 2.12. The molecule has 80 valence electrons. The second kappa shape index (κ2) is 4.14. The molecule has 0 fully saturated rings. The van der Waals surface area contributed by atoms with Gasteiger partial charge >= 0.3 is 10.1 Å². The van der Waals surface area contributed by atoms with Gasteiger partial charge < -0.3 is 8.92 Å². The minimum absolute atomic E-state index is 0.110. The first-order chi connectivity index (χ1) is 6.96. The summed E-state index contributed by atoms with van der Waals surface area (Å²) >= 11 is 0. The van der Waals surface area contributed by atoms with Crippen molar-refractivity contribution in [3.63, 3.8) is 0 Å². The van der Waals surface area contributed by atoms with Gasteiger partial charge in [-0.15, -0.1) is 0 Å². The second-order valence-corrected chi connectivity index (χ2v) is 4.20. The summed E-state index contributed by atoms with van der Waals surface area (Å²) in [6, 6.07) is 3.00. The van der Waals surface area contributed by atoms with Crippen LogP contribution < -0.4 is 8.92 Å². The van der Waals surface area contributed by atoms with E-state index in [2.05, 4.69) is 9.17 Å². The van der Waals surface area contributed by atoms with Gasteiger partial charge in [-0.25, -0.2) is 4.98 Å². The summed E-state index contributed by atoms with van der Waals surface area (Å²) < 4.78 is 31.1. The number of pyridine rings is 1. The molecule has 0 atom stereocenters. The number of rotatable bonds is 3. The largest absolute Gasteiger partial charge is 0.495 e. The fraction of sp³-hybridized carbons (Fsp3) is 0.250. The van der Waals surface area contributed by atoms with E-state index in [1.807, 2.05) is 0 Å². The molecular formula is C8H8N2O4S. The van der Waals surface area contributed by atoms with Crippen molar-refractivity contribution in [2.45, 2.75) is 0 Å². The quantitative estimate of drug-likeness (QED) is 0.691. The number of methoxy groups -OCH3 is 1. The van der Waals surface area contributed by atoms with E-state index in [1.54, 1.807) is 6.07 Å². The van der Waals surface area contributed by atoms with Gasteiger partial charge in [0.1, 0.15) is 11.8 Å². The summed E-state index contributed by atoms with van der Waals surface area (Å²) in [5.74, 6) is 0.173. The highest BCUT2D eigenvalue weighted by molar-refractivity contribution is 7.86. The van der Waals surface area contributed by atoms with Crippen LogP contribution >= 0.6 is 0 Å². The fourth-order valence-corrected chi connectivity index (χ4v) is 1.30. The predicted molar refractivity (Wildman–Crippen MR) is 51.0 cm³/mol. The zero-order valence-electron chi connectivity index (χ0n) is 8.09. The second-order valence-electron chi connectivity index (χ2n) is 2.62. The first kappa shape index (κ1) is 11.3. The Morgan fingerprint density at radius 2 is 2.20 bits per heavy atom. The number of ether oxygens (including phenoxy) is 1. The highest BCUT2D eigenvalue weighted by Crippen LogP contribution is 2.22. The molecule has 0 saturated carbocycles. The van der Waals surface area contributed by atoms with Gasteiger partial charge in [-0.3, -0.25) is 0 Å². The Morgan fingerprint density at radius 1 is 1.53 bits per heavy atom. The molecule has 0 spiro atoms. The van der Waals surface area contributed by atoms with Crippen LogP contribution in [-0.4, -0.2) is 26.8 Å². The molecule has 0 saturated heterocycles. The molecule has 0 aliphatic heterocycles. The van der Waals surface area contributed by atoms with E-state index in [4.69, 9.17) is 10.00 Å². The summed E-state index contributed by atoms with van der Waals surface area (Å²) in [4.78, 5) is 3.68. The average Bonchev–Trinajstić information content (AvgIpc) is 2.15. The van der Waals surface area contributed by atoms with Crippen LogP contribution in [0.1, 0.15) is 5.69 Å². The predicted octanol–water partition coefficient (Wildman–Crippen LogP) is 0.300. The van der Waals surface area contributed by atoms with E-state index in [9.17, 15) is 8.42 Å². The lowest BCUT2D eigenvalue weighted by atomic mass is 10.3. The standard InChI is InChI=1S/C8H8N2O4S/c1-13-6-3-8(14-15(2,11)12)7(4-9)10-5-6/h3,5H,1-2H3. The number of aromatic nitrogens is 1. The third kappa shape index (κ3) is 3.11. The van der Waals surface area contributed by atoms with Crippen molar-refractivity contribution in [3.05, 3.63) is 18.0 Å². The molecule has 1 rings (SSSR count). The maximum absolute atomic E-state index is 10.9. The highest BCUT2D eigenvalue weighted by atomic mass is 32.2. The third-order valence-electron chi connectivity index (χ3n) is 1.41. The van der Waals surface area contributed by atoms with Gasteiger partial charge in [-0.2, -0.15) is 13.7 Å². The zero-order chi connectivity index (χ0) is 11.5. The number of hydrogen-bond donors (Lipinski definition) is 0. The molecule has 0 aliphatic carbocycles. The maximum atomic E-state index is 10.9. The molecule has 0 unspecified atom stereocenters. The van der Waals surface area contributed by atoms with Crippen LogP contribution in [0, 0.1) is 11.3 Å². The molecular weight excluding hydrogens is 220 g/mol. The summed E-state index contributed by atoms with van der Waals surface area (Å²) in [5.41, 5.74) is -0.110. The van der Waals surface area contributed by atoms with Gasteiger partial charge in [0.15, 0.2) is 11.4 Å². The van der Waals surface area contributed by atoms with E-state index < -0.39 is 10.1 Å². The van der Waals surface area contributed by atoms with Crippen molar-refractivity contribution in [2.75, 3.05) is 13.4 Å². The summed E-state index contributed by atoms with van der Waals surface area (Å²) in [5, 5.41) is 8.65. The average molecular weight is 228 g/mol. The zero-order valence-corrected chi connectivity index (χ0v) is 8.91. The molecule has 0 bridgehead atoms. The molecule has 1 aromatic rings.